The number of hydrogen-bond acceptors (Lipinski definition) is 4. The number of aromatic nitrogens is 1. The summed E-state index contributed by atoms with van der Waals surface area (Å²) in [6.45, 7) is 2.12. The summed E-state index contributed by atoms with van der Waals surface area (Å²) < 4.78 is 5.49. The zero-order valence-electron chi connectivity index (χ0n) is 16.7. The van der Waals surface area contributed by atoms with E-state index in [9.17, 15) is 4.79 Å². The summed E-state index contributed by atoms with van der Waals surface area (Å²) in [5.74, 6) is 0.377. The highest BCUT2D eigenvalue weighted by Crippen LogP contribution is 2.21. The van der Waals surface area contributed by atoms with Gasteiger partial charge in [-0.2, -0.15) is 0 Å². The van der Waals surface area contributed by atoms with E-state index in [-0.39, 0.29) is 18.4 Å². The second kappa shape index (κ2) is 9.09. The number of benzene rings is 3. The van der Waals surface area contributed by atoms with E-state index in [0.717, 1.165) is 16.9 Å². The van der Waals surface area contributed by atoms with Crippen LogP contribution in [0.4, 0.5) is 11.4 Å². The van der Waals surface area contributed by atoms with Crippen LogP contribution in [-0.4, -0.2) is 10.9 Å². The molecule has 0 radical (unpaired) electrons. The van der Waals surface area contributed by atoms with E-state index in [2.05, 4.69) is 34.7 Å². The van der Waals surface area contributed by atoms with E-state index in [1.807, 2.05) is 72.8 Å². The molecule has 1 atom stereocenters. The second-order valence-electron chi connectivity index (χ2n) is 7.09. The number of oxazole rings is 1. The molecular weight excluding hydrogens is 374 g/mol. The van der Waals surface area contributed by atoms with Crippen LogP contribution < -0.4 is 10.6 Å². The summed E-state index contributed by atoms with van der Waals surface area (Å²) in [7, 11) is 0. The van der Waals surface area contributed by atoms with Gasteiger partial charge in [-0.05, 0) is 48.9 Å². The van der Waals surface area contributed by atoms with E-state index < -0.39 is 0 Å². The van der Waals surface area contributed by atoms with Crippen LogP contribution in [0.3, 0.4) is 0 Å². The van der Waals surface area contributed by atoms with Crippen molar-refractivity contribution in [2.75, 3.05) is 10.6 Å². The monoisotopic (exact) mass is 397 g/mol. The van der Waals surface area contributed by atoms with Gasteiger partial charge in [0.25, 0.3) is 0 Å². The Labute approximate surface area is 175 Å². The minimum Gasteiger partial charge on any atom is -0.444 e. The quantitative estimate of drug-likeness (QED) is 0.420. The van der Waals surface area contributed by atoms with E-state index >= 15 is 0 Å². The largest absolute Gasteiger partial charge is 0.444 e. The van der Waals surface area contributed by atoms with E-state index in [4.69, 9.17) is 4.42 Å². The molecule has 0 saturated heterocycles. The fraction of sp³-hybridized carbons (Fsp3) is 0.120. The first kappa shape index (κ1) is 19.5. The Kier molecular flexibility index (Phi) is 5.90. The number of carbonyl (C=O) groups is 1. The molecule has 0 aliphatic rings. The summed E-state index contributed by atoms with van der Waals surface area (Å²) in [5.41, 5.74) is 4.44. The molecule has 150 valence electrons. The standard InChI is InChI=1S/C25H23N3O2/c1-18(19-8-4-2-5-9-19)26-21-12-14-22(15-13-21)27-24(29)16-23-17-30-25(28-23)20-10-6-3-7-11-20/h2-15,17-18,26H,16H2,1H3,(H,27,29). The topological polar surface area (TPSA) is 67.2 Å². The van der Waals surface area contributed by atoms with Crippen molar-refractivity contribution in [3.63, 3.8) is 0 Å². The van der Waals surface area contributed by atoms with Crippen molar-refractivity contribution in [1.82, 2.24) is 4.98 Å². The normalized spacial score (nSPS) is 11.6. The van der Waals surface area contributed by atoms with Crippen molar-refractivity contribution in [2.45, 2.75) is 19.4 Å². The van der Waals surface area contributed by atoms with Gasteiger partial charge in [0.1, 0.15) is 6.26 Å². The molecule has 0 fully saturated rings. The Hall–Kier alpha value is -3.86. The van der Waals surface area contributed by atoms with E-state index in [1.54, 1.807) is 0 Å². The van der Waals surface area contributed by atoms with Crippen LogP contribution >= 0.6 is 0 Å². The highest BCUT2D eigenvalue weighted by atomic mass is 16.3. The molecule has 1 heterocycles. The number of amides is 1. The van der Waals surface area contributed by atoms with Crippen LogP contribution in [0.25, 0.3) is 11.5 Å². The number of anilines is 2. The average Bonchev–Trinajstić information content (AvgIpc) is 3.24. The first-order valence-electron chi connectivity index (χ1n) is 9.88. The lowest BCUT2D eigenvalue weighted by Gasteiger charge is -2.16. The van der Waals surface area contributed by atoms with Gasteiger partial charge in [0, 0.05) is 23.0 Å². The first-order valence-corrected chi connectivity index (χ1v) is 9.88. The van der Waals surface area contributed by atoms with Crippen molar-refractivity contribution in [1.29, 1.82) is 0 Å². The van der Waals surface area contributed by atoms with Crippen molar-refractivity contribution >= 4 is 17.3 Å². The molecule has 5 nitrogen and oxygen atoms in total. The van der Waals surface area contributed by atoms with Gasteiger partial charge in [-0.15, -0.1) is 0 Å². The molecule has 4 rings (SSSR count). The number of nitrogens with one attached hydrogen (secondary N) is 2. The maximum Gasteiger partial charge on any atom is 0.230 e. The third kappa shape index (κ3) is 4.94. The molecule has 30 heavy (non-hydrogen) atoms. The summed E-state index contributed by atoms with van der Waals surface area (Å²) in [4.78, 5) is 16.8. The molecule has 1 aromatic heterocycles. The molecule has 0 bridgehead atoms. The van der Waals surface area contributed by atoms with Gasteiger partial charge in [0.2, 0.25) is 11.8 Å². The zero-order chi connectivity index (χ0) is 20.8. The SMILES string of the molecule is CC(Nc1ccc(NC(=O)Cc2coc(-c3ccccc3)n2)cc1)c1ccccc1. The van der Waals surface area contributed by atoms with Gasteiger partial charge >= 0.3 is 0 Å². The lowest BCUT2D eigenvalue weighted by Crippen LogP contribution is -2.14. The van der Waals surface area contributed by atoms with Gasteiger partial charge in [-0.25, -0.2) is 4.98 Å². The minimum absolute atomic E-state index is 0.138. The van der Waals surface area contributed by atoms with Gasteiger partial charge in [-0.1, -0.05) is 48.5 Å². The fourth-order valence-corrected chi connectivity index (χ4v) is 3.20. The molecule has 3 aromatic carbocycles. The molecule has 0 saturated carbocycles. The lowest BCUT2D eigenvalue weighted by molar-refractivity contribution is -0.115. The number of rotatable bonds is 7. The van der Waals surface area contributed by atoms with Gasteiger partial charge in [0.05, 0.1) is 12.1 Å². The molecule has 1 amide bonds. The average molecular weight is 397 g/mol. The maximum absolute atomic E-state index is 12.4. The van der Waals surface area contributed by atoms with Crippen LogP contribution in [0.5, 0.6) is 0 Å². The molecular formula is C25H23N3O2. The predicted octanol–water partition coefficient (Wildman–Crippen LogP) is 5.70. The van der Waals surface area contributed by atoms with Crippen LogP contribution in [0.1, 0.15) is 24.2 Å². The summed E-state index contributed by atoms with van der Waals surface area (Å²) >= 11 is 0. The van der Waals surface area contributed by atoms with Crippen molar-refractivity contribution in [3.8, 4) is 11.5 Å². The van der Waals surface area contributed by atoms with E-state index in [1.165, 1.54) is 11.8 Å². The Morgan fingerprint density at radius 2 is 1.53 bits per heavy atom. The molecule has 5 heteroatoms. The Morgan fingerprint density at radius 1 is 0.900 bits per heavy atom. The third-order valence-electron chi connectivity index (χ3n) is 4.77. The zero-order valence-corrected chi connectivity index (χ0v) is 16.7. The Balaban J connectivity index is 1.32. The molecule has 0 aliphatic heterocycles. The van der Waals surface area contributed by atoms with Crippen molar-refractivity contribution in [3.05, 3.63) is 102 Å². The molecule has 2 N–H and O–H groups in total. The number of hydrogen-bond donors (Lipinski definition) is 2. The fourth-order valence-electron chi connectivity index (χ4n) is 3.20. The molecule has 0 spiro atoms. The van der Waals surface area contributed by atoms with Crippen LogP contribution in [0.2, 0.25) is 0 Å². The smallest absolute Gasteiger partial charge is 0.230 e. The maximum atomic E-state index is 12.4. The van der Waals surface area contributed by atoms with Crippen molar-refractivity contribution in [2.24, 2.45) is 0 Å². The van der Waals surface area contributed by atoms with Crippen molar-refractivity contribution < 1.29 is 9.21 Å². The summed E-state index contributed by atoms with van der Waals surface area (Å²) in [6, 6.07) is 27.8. The second-order valence-corrected chi connectivity index (χ2v) is 7.09. The van der Waals surface area contributed by atoms with Crippen LogP contribution in [0.15, 0.2) is 95.6 Å². The first-order chi connectivity index (χ1) is 14.7. The minimum atomic E-state index is -0.138. The molecule has 1 unspecified atom stereocenters. The number of carbonyl (C=O) groups excluding carboxylic acids is 1. The van der Waals surface area contributed by atoms with Gasteiger partial charge < -0.3 is 15.1 Å². The predicted molar refractivity (Wildman–Crippen MR) is 119 cm³/mol. The third-order valence-corrected chi connectivity index (χ3v) is 4.77. The van der Waals surface area contributed by atoms with Crippen LogP contribution in [0, 0.1) is 0 Å². The van der Waals surface area contributed by atoms with Gasteiger partial charge in [0.15, 0.2) is 0 Å². The molecule has 0 aliphatic carbocycles. The number of nitrogens with zero attached hydrogens (tertiary/aromatic N) is 1. The highest BCUT2D eigenvalue weighted by molar-refractivity contribution is 5.92. The van der Waals surface area contributed by atoms with Crippen LogP contribution in [-0.2, 0) is 11.2 Å². The molecule has 4 aromatic rings. The van der Waals surface area contributed by atoms with Gasteiger partial charge in [-0.3, -0.25) is 4.79 Å². The summed E-state index contributed by atoms with van der Waals surface area (Å²) in [6.07, 6.45) is 1.68. The highest BCUT2D eigenvalue weighted by Gasteiger charge is 2.11. The Morgan fingerprint density at radius 3 is 2.23 bits per heavy atom. The van der Waals surface area contributed by atoms with E-state index in [0.29, 0.717) is 11.6 Å². The lowest BCUT2D eigenvalue weighted by atomic mass is 10.1. The Bertz CT molecular complexity index is 1090. The summed E-state index contributed by atoms with van der Waals surface area (Å²) in [5, 5.41) is 6.37.